The Morgan fingerprint density at radius 3 is 2.95 bits per heavy atom. The van der Waals surface area contributed by atoms with Crippen LogP contribution in [0.2, 0.25) is 0 Å². The average Bonchev–Trinajstić information content (AvgIpc) is 2.47. The maximum absolute atomic E-state index is 11.1. The molecule has 2 N–H and O–H groups in total. The summed E-state index contributed by atoms with van der Waals surface area (Å²) < 4.78 is 5.03. The number of hydrogen-bond donors (Lipinski definition) is 1. The van der Waals surface area contributed by atoms with Crippen molar-refractivity contribution in [1.29, 1.82) is 0 Å². The fourth-order valence-corrected chi connectivity index (χ4v) is 2.90. The highest BCUT2D eigenvalue weighted by molar-refractivity contribution is 5.48. The second-order valence-corrected chi connectivity index (χ2v) is 5.76. The lowest BCUT2D eigenvalue weighted by molar-refractivity contribution is -0.385. The van der Waals surface area contributed by atoms with Gasteiger partial charge in [0.25, 0.3) is 0 Å². The van der Waals surface area contributed by atoms with Gasteiger partial charge in [0.2, 0.25) is 0 Å². The van der Waals surface area contributed by atoms with Crippen LogP contribution in [0.3, 0.4) is 0 Å². The molecule has 0 radical (unpaired) electrons. The molecule has 1 fully saturated rings. The van der Waals surface area contributed by atoms with E-state index in [9.17, 15) is 10.1 Å². The van der Waals surface area contributed by atoms with Crippen LogP contribution in [0.4, 0.5) is 5.69 Å². The number of methoxy groups -OCH3 is 1. The third-order valence-corrected chi connectivity index (χ3v) is 4.13. The van der Waals surface area contributed by atoms with Crippen LogP contribution in [0.5, 0.6) is 5.75 Å². The molecule has 2 atom stereocenters. The van der Waals surface area contributed by atoms with Crippen molar-refractivity contribution in [2.45, 2.75) is 32.4 Å². The molecular formula is C15H23N3O3. The van der Waals surface area contributed by atoms with Crippen LogP contribution in [-0.4, -0.2) is 36.1 Å². The number of nitrogens with zero attached hydrogens (tertiary/aromatic N) is 2. The lowest BCUT2D eigenvalue weighted by Gasteiger charge is -2.34. The van der Waals surface area contributed by atoms with E-state index in [2.05, 4.69) is 4.90 Å². The zero-order chi connectivity index (χ0) is 15.4. The van der Waals surface area contributed by atoms with E-state index < -0.39 is 4.92 Å². The number of hydrogen-bond acceptors (Lipinski definition) is 5. The fourth-order valence-electron chi connectivity index (χ4n) is 2.90. The van der Waals surface area contributed by atoms with Crippen LogP contribution in [0.15, 0.2) is 18.2 Å². The third kappa shape index (κ3) is 3.92. The number of ether oxygens (including phenoxy) is 1. The van der Waals surface area contributed by atoms with Crippen LogP contribution in [0.25, 0.3) is 0 Å². The molecule has 1 saturated heterocycles. The van der Waals surface area contributed by atoms with Gasteiger partial charge < -0.3 is 10.5 Å². The minimum absolute atomic E-state index is 0.0238. The molecule has 0 saturated carbocycles. The quantitative estimate of drug-likeness (QED) is 0.664. The molecule has 116 valence electrons. The number of rotatable bonds is 5. The van der Waals surface area contributed by atoms with Gasteiger partial charge in [0.1, 0.15) is 0 Å². The van der Waals surface area contributed by atoms with Crippen LogP contribution in [-0.2, 0) is 6.54 Å². The summed E-state index contributed by atoms with van der Waals surface area (Å²) in [6.07, 6.45) is 2.29. The maximum atomic E-state index is 11.1. The predicted molar refractivity (Wildman–Crippen MR) is 81.3 cm³/mol. The first-order valence-corrected chi connectivity index (χ1v) is 7.30. The van der Waals surface area contributed by atoms with Gasteiger partial charge in [-0.2, -0.15) is 0 Å². The normalized spacial score (nSPS) is 21.0. The van der Waals surface area contributed by atoms with E-state index in [0.717, 1.165) is 31.5 Å². The number of benzene rings is 1. The third-order valence-electron chi connectivity index (χ3n) is 4.13. The first-order chi connectivity index (χ1) is 10.0. The molecule has 0 amide bonds. The van der Waals surface area contributed by atoms with Gasteiger partial charge in [-0.3, -0.25) is 15.0 Å². The van der Waals surface area contributed by atoms with Gasteiger partial charge in [-0.25, -0.2) is 0 Å². The highest BCUT2D eigenvalue weighted by atomic mass is 16.6. The summed E-state index contributed by atoms with van der Waals surface area (Å²) in [5.41, 5.74) is 6.95. The van der Waals surface area contributed by atoms with Crippen molar-refractivity contribution in [2.24, 2.45) is 11.7 Å². The molecule has 0 aromatic heterocycles. The van der Waals surface area contributed by atoms with Crippen LogP contribution >= 0.6 is 0 Å². The second-order valence-electron chi connectivity index (χ2n) is 5.76. The van der Waals surface area contributed by atoms with Gasteiger partial charge in [0, 0.05) is 25.2 Å². The van der Waals surface area contributed by atoms with Gasteiger partial charge in [0.05, 0.1) is 12.0 Å². The van der Waals surface area contributed by atoms with Gasteiger partial charge in [0.15, 0.2) is 5.75 Å². The summed E-state index contributed by atoms with van der Waals surface area (Å²) >= 11 is 0. The van der Waals surface area contributed by atoms with E-state index in [1.807, 2.05) is 13.0 Å². The Balaban J connectivity index is 2.09. The first kappa shape index (κ1) is 15.7. The van der Waals surface area contributed by atoms with E-state index in [1.165, 1.54) is 7.11 Å². The highest BCUT2D eigenvalue weighted by Crippen LogP contribution is 2.29. The van der Waals surface area contributed by atoms with Crippen molar-refractivity contribution >= 4 is 5.69 Å². The van der Waals surface area contributed by atoms with Crippen molar-refractivity contribution in [2.75, 3.05) is 20.2 Å². The Bertz CT molecular complexity index is 505. The molecule has 1 aromatic carbocycles. The van der Waals surface area contributed by atoms with Crippen LogP contribution < -0.4 is 10.5 Å². The number of nitro benzene ring substituents is 1. The zero-order valence-electron chi connectivity index (χ0n) is 12.6. The van der Waals surface area contributed by atoms with E-state index in [1.54, 1.807) is 12.1 Å². The molecular weight excluding hydrogens is 270 g/mol. The first-order valence-electron chi connectivity index (χ1n) is 7.30. The molecule has 0 spiro atoms. The number of likely N-dealkylation sites (tertiary alicyclic amines) is 1. The van der Waals surface area contributed by atoms with Crippen molar-refractivity contribution in [3.05, 3.63) is 33.9 Å². The number of nitro groups is 1. The molecule has 1 aliphatic rings. The fraction of sp³-hybridized carbons (Fsp3) is 0.600. The van der Waals surface area contributed by atoms with Gasteiger partial charge >= 0.3 is 5.69 Å². The Morgan fingerprint density at radius 1 is 1.57 bits per heavy atom. The molecule has 2 unspecified atom stereocenters. The van der Waals surface area contributed by atoms with Crippen molar-refractivity contribution in [1.82, 2.24) is 4.90 Å². The predicted octanol–water partition coefficient (Wildman–Crippen LogP) is 2.16. The molecule has 6 heteroatoms. The van der Waals surface area contributed by atoms with Gasteiger partial charge in [-0.05, 0) is 43.9 Å². The number of nitrogens with two attached hydrogens (primary N) is 1. The molecule has 0 bridgehead atoms. The molecule has 1 aliphatic heterocycles. The Morgan fingerprint density at radius 2 is 2.33 bits per heavy atom. The maximum Gasteiger partial charge on any atom is 0.311 e. The molecule has 21 heavy (non-hydrogen) atoms. The molecule has 1 heterocycles. The highest BCUT2D eigenvalue weighted by Gasteiger charge is 2.23. The second kappa shape index (κ2) is 6.87. The Hall–Kier alpha value is -1.66. The zero-order valence-corrected chi connectivity index (χ0v) is 12.6. The SMILES string of the molecule is COc1ccc(CN2CCCC(C(C)N)C2)cc1[N+](=O)[O-]. The van der Waals surface area contributed by atoms with Crippen molar-refractivity contribution in [3.63, 3.8) is 0 Å². The van der Waals surface area contributed by atoms with Gasteiger partial charge in [-0.15, -0.1) is 0 Å². The van der Waals surface area contributed by atoms with Crippen molar-refractivity contribution in [3.8, 4) is 5.75 Å². The summed E-state index contributed by atoms with van der Waals surface area (Å²) in [7, 11) is 1.44. The van der Waals surface area contributed by atoms with E-state index in [4.69, 9.17) is 10.5 Å². The van der Waals surface area contributed by atoms with Crippen LogP contribution in [0, 0.1) is 16.0 Å². The minimum atomic E-state index is -0.400. The Labute approximate surface area is 125 Å². The summed E-state index contributed by atoms with van der Waals surface area (Å²) in [6.45, 7) is 4.74. The topological polar surface area (TPSA) is 81.6 Å². The van der Waals surface area contributed by atoms with Crippen LogP contribution in [0.1, 0.15) is 25.3 Å². The summed E-state index contributed by atoms with van der Waals surface area (Å²) in [5.74, 6) is 0.808. The van der Waals surface area contributed by atoms with E-state index in [-0.39, 0.29) is 11.7 Å². The average molecular weight is 293 g/mol. The molecule has 0 aliphatic carbocycles. The summed E-state index contributed by atoms with van der Waals surface area (Å²) in [5, 5.41) is 11.1. The van der Waals surface area contributed by atoms with E-state index in [0.29, 0.717) is 18.2 Å². The minimum Gasteiger partial charge on any atom is -0.490 e. The monoisotopic (exact) mass is 293 g/mol. The molecule has 6 nitrogen and oxygen atoms in total. The van der Waals surface area contributed by atoms with Crippen molar-refractivity contribution < 1.29 is 9.66 Å². The van der Waals surface area contributed by atoms with Gasteiger partial charge in [-0.1, -0.05) is 6.07 Å². The lowest BCUT2D eigenvalue weighted by atomic mass is 9.92. The lowest BCUT2D eigenvalue weighted by Crippen LogP contribution is -2.41. The Kier molecular flexibility index (Phi) is 5.14. The largest absolute Gasteiger partial charge is 0.490 e. The smallest absolute Gasteiger partial charge is 0.311 e. The molecule has 1 aromatic rings. The summed E-state index contributed by atoms with van der Waals surface area (Å²) in [6, 6.07) is 5.36. The number of piperidine rings is 1. The van der Waals surface area contributed by atoms with E-state index >= 15 is 0 Å². The standard InChI is InChI=1S/C15H23N3O3/c1-11(16)13-4-3-7-17(10-13)9-12-5-6-15(21-2)14(8-12)18(19)20/h5-6,8,11,13H,3-4,7,9-10,16H2,1-2H3. The molecule has 2 rings (SSSR count). The summed E-state index contributed by atoms with van der Waals surface area (Å²) in [4.78, 5) is 13.0.